The Bertz CT molecular complexity index is 1280. The van der Waals surface area contributed by atoms with Gasteiger partial charge in [-0.1, -0.05) is 60.1 Å². The van der Waals surface area contributed by atoms with Crippen molar-refractivity contribution < 1.29 is 14.0 Å². The zero-order chi connectivity index (χ0) is 23.2. The van der Waals surface area contributed by atoms with Crippen LogP contribution < -0.4 is 5.32 Å². The SMILES string of the molecule is O=C1NC(=O)C(=Cc2ccc(-c3cc(C4CCCCC4)c4oc(C(Cl)(Cl)Cl)nc4c3)nc2)S1. The van der Waals surface area contributed by atoms with Gasteiger partial charge in [-0.3, -0.25) is 19.9 Å². The lowest BCUT2D eigenvalue weighted by Crippen LogP contribution is -2.17. The molecule has 5 rings (SSSR count). The number of amides is 2. The summed E-state index contributed by atoms with van der Waals surface area (Å²) in [4.78, 5) is 32.5. The van der Waals surface area contributed by atoms with Gasteiger partial charge in [0.05, 0.1) is 10.6 Å². The van der Waals surface area contributed by atoms with Crippen molar-refractivity contribution in [2.45, 2.75) is 41.8 Å². The summed E-state index contributed by atoms with van der Waals surface area (Å²) in [6.07, 6.45) is 9.01. The van der Waals surface area contributed by atoms with Crippen LogP contribution in [0.3, 0.4) is 0 Å². The number of nitrogens with zero attached hydrogens (tertiary/aromatic N) is 2. The third-order valence-electron chi connectivity index (χ3n) is 5.83. The van der Waals surface area contributed by atoms with E-state index in [1.165, 1.54) is 6.42 Å². The van der Waals surface area contributed by atoms with Crippen molar-refractivity contribution in [3.8, 4) is 11.3 Å². The second-order valence-electron chi connectivity index (χ2n) is 8.09. The summed E-state index contributed by atoms with van der Waals surface area (Å²) >= 11 is 19.0. The Morgan fingerprint density at radius 1 is 1.12 bits per heavy atom. The second kappa shape index (κ2) is 8.95. The highest BCUT2D eigenvalue weighted by Crippen LogP contribution is 2.43. The molecule has 1 saturated heterocycles. The lowest BCUT2D eigenvalue weighted by atomic mass is 9.83. The van der Waals surface area contributed by atoms with Gasteiger partial charge in [0.2, 0.25) is 5.89 Å². The Balaban J connectivity index is 1.54. The molecule has 0 bridgehead atoms. The molecule has 6 nitrogen and oxygen atoms in total. The minimum Gasteiger partial charge on any atom is -0.436 e. The molecule has 3 aromatic rings. The summed E-state index contributed by atoms with van der Waals surface area (Å²) in [5, 5.41) is 1.87. The summed E-state index contributed by atoms with van der Waals surface area (Å²) in [6, 6.07) is 7.69. The molecule has 2 fully saturated rings. The molecule has 1 aliphatic carbocycles. The highest BCUT2D eigenvalue weighted by molar-refractivity contribution is 8.18. The van der Waals surface area contributed by atoms with E-state index < -0.39 is 9.70 Å². The minimum atomic E-state index is -1.75. The molecular formula is C23H18Cl3N3O3S. The predicted molar refractivity (Wildman–Crippen MR) is 131 cm³/mol. The molecule has 2 amide bonds. The number of hydrogen-bond donors (Lipinski definition) is 1. The number of fused-ring (bicyclic) bond motifs is 1. The number of benzene rings is 1. The Kier molecular flexibility index (Phi) is 6.16. The quantitative estimate of drug-likeness (QED) is 0.292. The van der Waals surface area contributed by atoms with Gasteiger partial charge in [0, 0.05) is 17.3 Å². The van der Waals surface area contributed by atoms with Crippen molar-refractivity contribution in [2.75, 3.05) is 0 Å². The number of oxazole rings is 1. The maximum atomic E-state index is 11.8. The van der Waals surface area contributed by atoms with Crippen molar-refractivity contribution >= 4 is 74.9 Å². The maximum Gasteiger partial charge on any atom is 0.290 e. The molecular weight excluding hydrogens is 505 g/mol. The van der Waals surface area contributed by atoms with Gasteiger partial charge in [-0.15, -0.1) is 0 Å². The number of thioether (sulfide) groups is 1. The average molecular weight is 523 g/mol. The molecule has 0 unspecified atom stereocenters. The fourth-order valence-electron chi connectivity index (χ4n) is 4.28. The van der Waals surface area contributed by atoms with E-state index in [4.69, 9.17) is 39.2 Å². The fourth-order valence-corrected chi connectivity index (χ4v) is 5.20. The van der Waals surface area contributed by atoms with E-state index >= 15 is 0 Å². The van der Waals surface area contributed by atoms with Gasteiger partial charge in [-0.2, -0.15) is 0 Å². The van der Waals surface area contributed by atoms with Crippen molar-refractivity contribution in [3.63, 3.8) is 0 Å². The second-order valence-corrected chi connectivity index (χ2v) is 11.4. The van der Waals surface area contributed by atoms with Gasteiger partial charge in [0.15, 0.2) is 5.58 Å². The van der Waals surface area contributed by atoms with E-state index in [0.717, 1.165) is 59.8 Å². The lowest BCUT2D eigenvalue weighted by Gasteiger charge is -2.22. The van der Waals surface area contributed by atoms with Crippen LogP contribution in [0.4, 0.5) is 4.79 Å². The van der Waals surface area contributed by atoms with Crippen LogP contribution in [0.25, 0.3) is 28.4 Å². The molecule has 33 heavy (non-hydrogen) atoms. The van der Waals surface area contributed by atoms with Crippen LogP contribution in [0, 0.1) is 0 Å². The first kappa shape index (κ1) is 22.7. The Morgan fingerprint density at radius 2 is 1.91 bits per heavy atom. The van der Waals surface area contributed by atoms with Gasteiger partial charge in [0.1, 0.15) is 5.52 Å². The molecule has 2 aliphatic rings. The number of aromatic nitrogens is 2. The molecule has 1 aromatic carbocycles. The summed E-state index contributed by atoms with van der Waals surface area (Å²) in [7, 11) is 0. The van der Waals surface area contributed by atoms with Crippen LogP contribution in [0.15, 0.2) is 39.8 Å². The number of pyridine rings is 1. The number of alkyl halides is 3. The first-order chi connectivity index (χ1) is 15.8. The third-order valence-corrected chi connectivity index (χ3v) is 7.12. The summed E-state index contributed by atoms with van der Waals surface area (Å²) < 4.78 is 4.17. The van der Waals surface area contributed by atoms with Crippen LogP contribution in [0.2, 0.25) is 0 Å². The summed E-state index contributed by atoms with van der Waals surface area (Å²) in [5.41, 5.74) is 4.69. The van der Waals surface area contributed by atoms with Crippen molar-refractivity contribution in [3.05, 3.63) is 52.4 Å². The molecule has 0 atom stereocenters. The number of rotatable bonds is 3. The number of carbonyl (C=O) groups excluding carboxylic acids is 2. The van der Waals surface area contributed by atoms with E-state index in [0.29, 0.717) is 21.9 Å². The van der Waals surface area contributed by atoms with Crippen molar-refractivity contribution in [1.29, 1.82) is 0 Å². The molecule has 3 heterocycles. The molecule has 0 spiro atoms. The van der Waals surface area contributed by atoms with Crippen molar-refractivity contribution in [2.24, 2.45) is 0 Å². The number of carbonyl (C=O) groups is 2. The van der Waals surface area contributed by atoms with Gasteiger partial charge in [-0.25, -0.2) is 4.98 Å². The third kappa shape index (κ3) is 4.78. The molecule has 1 N–H and O–H groups in total. The zero-order valence-electron chi connectivity index (χ0n) is 17.2. The van der Waals surface area contributed by atoms with Gasteiger partial charge >= 0.3 is 0 Å². The minimum absolute atomic E-state index is 0.0496. The zero-order valence-corrected chi connectivity index (χ0v) is 20.3. The van der Waals surface area contributed by atoms with Crippen LogP contribution in [0.1, 0.15) is 55.0 Å². The number of hydrogen-bond acceptors (Lipinski definition) is 6. The predicted octanol–water partition coefficient (Wildman–Crippen LogP) is 7.09. The Hall–Kier alpha value is -2.06. The standard InChI is InChI=1S/C23H18Cl3N3O3S/c24-23(25,26)21-28-17-10-14(9-15(19(17)32-21)13-4-2-1-3-5-13)16-7-6-12(11-27-16)8-18-20(30)29-22(31)33-18/h6-11,13H,1-5H2,(H,29,30,31). The summed E-state index contributed by atoms with van der Waals surface area (Å²) in [6.45, 7) is 0. The molecule has 170 valence electrons. The molecule has 0 radical (unpaired) electrons. The fraction of sp³-hybridized carbons (Fsp3) is 0.304. The van der Waals surface area contributed by atoms with Gasteiger partial charge in [-0.05, 0) is 60.4 Å². The topological polar surface area (TPSA) is 85.1 Å². The molecule has 1 aliphatic heterocycles. The van der Waals surface area contributed by atoms with Gasteiger partial charge in [0.25, 0.3) is 14.9 Å². The maximum absolute atomic E-state index is 11.8. The molecule has 10 heteroatoms. The number of imide groups is 1. The largest absolute Gasteiger partial charge is 0.436 e. The Morgan fingerprint density at radius 3 is 2.55 bits per heavy atom. The van der Waals surface area contributed by atoms with Crippen molar-refractivity contribution in [1.82, 2.24) is 15.3 Å². The Labute approximate surface area is 209 Å². The van der Waals surface area contributed by atoms with Crippen LogP contribution in [-0.2, 0) is 8.59 Å². The van der Waals surface area contributed by atoms with E-state index in [-0.39, 0.29) is 11.1 Å². The van der Waals surface area contributed by atoms with E-state index in [2.05, 4.69) is 21.4 Å². The summed E-state index contributed by atoms with van der Waals surface area (Å²) in [5.74, 6) is -0.00205. The van der Waals surface area contributed by atoms with E-state index in [1.54, 1.807) is 12.3 Å². The van der Waals surface area contributed by atoms with Crippen LogP contribution >= 0.6 is 46.6 Å². The lowest BCUT2D eigenvalue weighted by molar-refractivity contribution is -0.115. The smallest absolute Gasteiger partial charge is 0.290 e. The number of halogens is 3. The first-order valence-corrected chi connectivity index (χ1v) is 12.5. The van der Waals surface area contributed by atoms with Crippen LogP contribution in [-0.4, -0.2) is 21.1 Å². The monoisotopic (exact) mass is 521 g/mol. The van der Waals surface area contributed by atoms with Crippen LogP contribution in [0.5, 0.6) is 0 Å². The van der Waals surface area contributed by atoms with E-state index in [9.17, 15) is 9.59 Å². The average Bonchev–Trinajstić information content (AvgIpc) is 3.37. The highest BCUT2D eigenvalue weighted by Gasteiger charge is 2.31. The first-order valence-electron chi connectivity index (χ1n) is 10.5. The normalized spacial score (nSPS) is 18.9. The van der Waals surface area contributed by atoms with E-state index in [1.807, 2.05) is 18.2 Å². The van der Waals surface area contributed by atoms with Gasteiger partial charge < -0.3 is 4.42 Å². The number of nitrogens with one attached hydrogen (secondary N) is 1. The molecule has 2 aromatic heterocycles. The molecule has 1 saturated carbocycles. The highest BCUT2D eigenvalue weighted by atomic mass is 35.6.